The van der Waals surface area contributed by atoms with E-state index >= 15 is 0 Å². The Kier molecular flexibility index (Phi) is 5.40. The average Bonchev–Trinajstić information content (AvgIpc) is 3.24. The van der Waals surface area contributed by atoms with Crippen molar-refractivity contribution in [3.8, 4) is 11.3 Å². The van der Waals surface area contributed by atoms with Crippen LogP contribution in [0.3, 0.4) is 0 Å². The summed E-state index contributed by atoms with van der Waals surface area (Å²) in [7, 11) is 0. The van der Waals surface area contributed by atoms with Crippen LogP contribution in [0.2, 0.25) is 5.02 Å². The number of nitrogens with zero attached hydrogens (tertiary/aromatic N) is 3. The summed E-state index contributed by atoms with van der Waals surface area (Å²) in [6.07, 6.45) is 1.35. The standard InChI is InChI=1S/C17H15Cl2N3O3/c1-11-15(20-10-24-11)9-22(17(23)7-18)8-14-6-16(25-21-14)12-2-4-13(19)5-3-12/h2-6,10H,7-9H2,1H3. The summed E-state index contributed by atoms with van der Waals surface area (Å²) in [5.74, 6) is 0.913. The molecule has 0 saturated heterocycles. The van der Waals surface area contributed by atoms with Crippen molar-refractivity contribution in [3.05, 3.63) is 58.9 Å². The maximum atomic E-state index is 12.1. The van der Waals surface area contributed by atoms with E-state index in [1.54, 1.807) is 30.0 Å². The third-order valence-corrected chi connectivity index (χ3v) is 4.17. The van der Waals surface area contributed by atoms with Gasteiger partial charge in [0.1, 0.15) is 23.0 Å². The third-order valence-electron chi connectivity index (χ3n) is 3.69. The van der Waals surface area contributed by atoms with Gasteiger partial charge in [0.15, 0.2) is 12.2 Å². The fraction of sp³-hybridized carbons (Fsp3) is 0.235. The molecule has 0 saturated carbocycles. The van der Waals surface area contributed by atoms with Crippen LogP contribution in [0, 0.1) is 6.92 Å². The Balaban J connectivity index is 1.77. The maximum absolute atomic E-state index is 12.1. The van der Waals surface area contributed by atoms with Gasteiger partial charge in [0.25, 0.3) is 0 Å². The maximum Gasteiger partial charge on any atom is 0.238 e. The SMILES string of the molecule is Cc1ocnc1CN(Cc1cc(-c2ccc(Cl)cc2)on1)C(=O)CCl. The number of oxazole rings is 1. The second-order valence-corrected chi connectivity index (χ2v) is 6.13. The first kappa shape index (κ1) is 17.5. The molecular weight excluding hydrogens is 365 g/mol. The van der Waals surface area contributed by atoms with E-state index in [1.807, 2.05) is 12.1 Å². The van der Waals surface area contributed by atoms with E-state index in [-0.39, 0.29) is 24.9 Å². The number of rotatable bonds is 6. The minimum absolute atomic E-state index is 0.126. The number of amides is 1. The van der Waals surface area contributed by atoms with Gasteiger partial charge in [-0.25, -0.2) is 4.98 Å². The van der Waals surface area contributed by atoms with Gasteiger partial charge in [-0.05, 0) is 31.2 Å². The first-order valence-electron chi connectivity index (χ1n) is 7.51. The van der Waals surface area contributed by atoms with Gasteiger partial charge in [-0.3, -0.25) is 4.79 Å². The summed E-state index contributed by atoms with van der Waals surface area (Å²) in [6, 6.07) is 9.01. The Labute approximate surface area is 154 Å². The summed E-state index contributed by atoms with van der Waals surface area (Å²) in [5, 5.41) is 4.68. The summed E-state index contributed by atoms with van der Waals surface area (Å²) in [5.41, 5.74) is 2.15. The van der Waals surface area contributed by atoms with Crippen molar-refractivity contribution >= 4 is 29.1 Å². The van der Waals surface area contributed by atoms with Gasteiger partial charge < -0.3 is 13.8 Å². The molecule has 1 aromatic carbocycles. The molecule has 0 unspecified atom stereocenters. The topological polar surface area (TPSA) is 72.4 Å². The lowest BCUT2D eigenvalue weighted by Gasteiger charge is -2.19. The van der Waals surface area contributed by atoms with E-state index in [0.717, 1.165) is 5.56 Å². The van der Waals surface area contributed by atoms with Gasteiger partial charge in [-0.2, -0.15) is 0 Å². The zero-order valence-corrected chi connectivity index (χ0v) is 14.9. The summed E-state index contributed by atoms with van der Waals surface area (Å²) >= 11 is 11.6. The van der Waals surface area contributed by atoms with Crippen molar-refractivity contribution in [2.24, 2.45) is 0 Å². The molecule has 3 rings (SSSR count). The first-order chi connectivity index (χ1) is 12.1. The highest BCUT2D eigenvalue weighted by Gasteiger charge is 2.19. The molecule has 2 heterocycles. The quantitative estimate of drug-likeness (QED) is 0.603. The molecule has 0 aliphatic rings. The molecule has 0 atom stereocenters. The third kappa shape index (κ3) is 4.21. The van der Waals surface area contributed by atoms with Crippen molar-refractivity contribution in [2.75, 3.05) is 5.88 Å². The molecule has 0 aliphatic carbocycles. The number of aryl methyl sites for hydroxylation is 1. The van der Waals surface area contributed by atoms with E-state index in [0.29, 0.717) is 27.9 Å². The van der Waals surface area contributed by atoms with E-state index < -0.39 is 0 Å². The lowest BCUT2D eigenvalue weighted by atomic mass is 10.1. The van der Waals surface area contributed by atoms with E-state index in [9.17, 15) is 4.79 Å². The largest absolute Gasteiger partial charge is 0.448 e. The lowest BCUT2D eigenvalue weighted by molar-refractivity contribution is -0.129. The Morgan fingerprint density at radius 1 is 1.24 bits per heavy atom. The highest BCUT2D eigenvalue weighted by atomic mass is 35.5. The predicted molar refractivity (Wildman–Crippen MR) is 93.2 cm³/mol. The zero-order chi connectivity index (χ0) is 17.8. The highest BCUT2D eigenvalue weighted by molar-refractivity contribution is 6.30. The van der Waals surface area contributed by atoms with Crippen LogP contribution in [0.1, 0.15) is 17.1 Å². The number of aromatic nitrogens is 2. The van der Waals surface area contributed by atoms with Crippen molar-refractivity contribution < 1.29 is 13.7 Å². The van der Waals surface area contributed by atoms with Crippen LogP contribution in [0.4, 0.5) is 0 Å². The molecule has 8 heteroatoms. The van der Waals surface area contributed by atoms with E-state index in [1.165, 1.54) is 6.39 Å². The van der Waals surface area contributed by atoms with Crippen LogP contribution in [-0.4, -0.2) is 26.8 Å². The number of halogens is 2. The number of hydrogen-bond acceptors (Lipinski definition) is 5. The summed E-state index contributed by atoms with van der Waals surface area (Å²) in [6.45, 7) is 2.34. The number of alkyl halides is 1. The predicted octanol–water partition coefficient (Wildman–Crippen LogP) is 4.06. The van der Waals surface area contributed by atoms with Crippen LogP contribution in [0.25, 0.3) is 11.3 Å². The molecule has 2 aromatic heterocycles. The smallest absolute Gasteiger partial charge is 0.238 e. The summed E-state index contributed by atoms with van der Waals surface area (Å²) in [4.78, 5) is 17.8. The molecular formula is C17H15Cl2N3O3. The Bertz CT molecular complexity index is 858. The lowest BCUT2D eigenvalue weighted by Crippen LogP contribution is -2.31. The molecule has 0 N–H and O–H groups in total. The molecule has 0 spiro atoms. The minimum atomic E-state index is -0.222. The summed E-state index contributed by atoms with van der Waals surface area (Å²) < 4.78 is 10.5. The van der Waals surface area contributed by atoms with Crippen molar-refractivity contribution in [2.45, 2.75) is 20.0 Å². The zero-order valence-electron chi connectivity index (χ0n) is 13.4. The molecule has 1 amide bonds. The van der Waals surface area contributed by atoms with E-state index in [2.05, 4.69) is 10.1 Å². The fourth-order valence-corrected chi connectivity index (χ4v) is 2.60. The molecule has 0 bridgehead atoms. The van der Waals surface area contributed by atoms with Crippen LogP contribution in [0.5, 0.6) is 0 Å². The second kappa shape index (κ2) is 7.72. The van der Waals surface area contributed by atoms with E-state index in [4.69, 9.17) is 32.1 Å². The number of carbonyl (C=O) groups is 1. The van der Waals surface area contributed by atoms with Crippen LogP contribution in [0.15, 0.2) is 45.7 Å². The van der Waals surface area contributed by atoms with Gasteiger partial charge >= 0.3 is 0 Å². The van der Waals surface area contributed by atoms with Gasteiger partial charge in [0.2, 0.25) is 5.91 Å². The fourth-order valence-electron chi connectivity index (χ4n) is 2.31. The van der Waals surface area contributed by atoms with Gasteiger partial charge in [-0.1, -0.05) is 16.8 Å². The van der Waals surface area contributed by atoms with Crippen molar-refractivity contribution in [1.82, 2.24) is 15.0 Å². The Morgan fingerprint density at radius 3 is 2.64 bits per heavy atom. The second-order valence-electron chi connectivity index (χ2n) is 5.43. The molecule has 25 heavy (non-hydrogen) atoms. The normalized spacial score (nSPS) is 10.8. The molecule has 0 radical (unpaired) electrons. The average molecular weight is 380 g/mol. The van der Waals surface area contributed by atoms with Crippen molar-refractivity contribution in [1.29, 1.82) is 0 Å². The molecule has 3 aromatic rings. The van der Waals surface area contributed by atoms with Crippen LogP contribution in [-0.2, 0) is 17.9 Å². The first-order valence-corrected chi connectivity index (χ1v) is 8.42. The molecule has 6 nitrogen and oxygen atoms in total. The Morgan fingerprint density at radius 2 is 2.00 bits per heavy atom. The van der Waals surface area contributed by atoms with Gasteiger partial charge in [0, 0.05) is 16.7 Å². The minimum Gasteiger partial charge on any atom is -0.448 e. The van der Waals surface area contributed by atoms with Crippen molar-refractivity contribution in [3.63, 3.8) is 0 Å². The van der Waals surface area contributed by atoms with Crippen LogP contribution >= 0.6 is 23.2 Å². The number of carbonyl (C=O) groups excluding carboxylic acids is 1. The molecule has 130 valence electrons. The van der Waals surface area contributed by atoms with Gasteiger partial charge in [0.05, 0.1) is 13.1 Å². The molecule has 0 fully saturated rings. The molecule has 0 aliphatic heterocycles. The Hall–Kier alpha value is -2.31. The monoisotopic (exact) mass is 379 g/mol. The van der Waals surface area contributed by atoms with Gasteiger partial charge in [-0.15, -0.1) is 11.6 Å². The number of benzene rings is 1. The van der Waals surface area contributed by atoms with Crippen LogP contribution < -0.4 is 0 Å². The number of hydrogen-bond donors (Lipinski definition) is 0. The highest BCUT2D eigenvalue weighted by Crippen LogP contribution is 2.23.